The van der Waals surface area contributed by atoms with Gasteiger partial charge in [-0.25, -0.2) is 4.68 Å². The van der Waals surface area contributed by atoms with Crippen LogP contribution in [-0.2, 0) is 0 Å². The van der Waals surface area contributed by atoms with Crippen molar-refractivity contribution in [3.8, 4) is 11.4 Å². The van der Waals surface area contributed by atoms with Crippen LogP contribution in [0.25, 0.3) is 15.9 Å². The number of piperazine rings is 1. The predicted molar refractivity (Wildman–Crippen MR) is 125 cm³/mol. The zero-order valence-electron chi connectivity index (χ0n) is 17.6. The first-order chi connectivity index (χ1) is 15.2. The fourth-order valence-electron chi connectivity index (χ4n) is 4.09. The van der Waals surface area contributed by atoms with Crippen LogP contribution in [0.15, 0.2) is 60.7 Å². The molecule has 1 aliphatic rings. The molecule has 0 N–H and O–H groups in total. The molecular weight excluding hydrogens is 408 g/mol. The van der Waals surface area contributed by atoms with E-state index in [1.54, 1.807) is 7.11 Å². The second-order valence-electron chi connectivity index (χ2n) is 7.61. The molecule has 2 aromatic carbocycles. The van der Waals surface area contributed by atoms with E-state index in [0.29, 0.717) is 13.1 Å². The molecule has 0 atom stereocenters. The van der Waals surface area contributed by atoms with E-state index >= 15 is 0 Å². The zero-order valence-corrected chi connectivity index (χ0v) is 18.4. The van der Waals surface area contributed by atoms with E-state index in [1.807, 2.05) is 71.1 Å². The van der Waals surface area contributed by atoms with E-state index in [1.165, 1.54) is 11.3 Å². The molecule has 3 heterocycles. The van der Waals surface area contributed by atoms with Crippen LogP contribution < -0.4 is 9.64 Å². The Morgan fingerprint density at radius 3 is 2.45 bits per heavy atom. The molecule has 6 nitrogen and oxygen atoms in total. The number of benzene rings is 2. The molecule has 0 spiro atoms. The van der Waals surface area contributed by atoms with Crippen LogP contribution in [0.2, 0.25) is 0 Å². The molecule has 1 aliphatic heterocycles. The monoisotopic (exact) mass is 432 g/mol. The molecule has 0 bridgehead atoms. The number of aromatic nitrogens is 2. The number of methoxy groups -OCH3 is 1. The van der Waals surface area contributed by atoms with E-state index in [9.17, 15) is 4.79 Å². The van der Waals surface area contributed by atoms with Gasteiger partial charge in [-0.3, -0.25) is 4.79 Å². The number of amides is 1. The van der Waals surface area contributed by atoms with Gasteiger partial charge in [0.1, 0.15) is 10.6 Å². The van der Waals surface area contributed by atoms with E-state index in [2.05, 4.69) is 16.1 Å². The highest BCUT2D eigenvalue weighted by Crippen LogP contribution is 2.32. The van der Waals surface area contributed by atoms with E-state index in [0.717, 1.165) is 51.0 Å². The average molecular weight is 433 g/mol. The Labute approximate surface area is 185 Å². The second-order valence-corrected chi connectivity index (χ2v) is 8.64. The summed E-state index contributed by atoms with van der Waals surface area (Å²) in [6, 6.07) is 20.1. The van der Waals surface area contributed by atoms with Gasteiger partial charge >= 0.3 is 0 Å². The lowest BCUT2D eigenvalue weighted by atomic mass is 10.2. The van der Waals surface area contributed by atoms with Crippen LogP contribution in [0.4, 0.5) is 5.69 Å². The van der Waals surface area contributed by atoms with E-state index in [-0.39, 0.29) is 5.91 Å². The molecular formula is C24H24N4O2S. The highest BCUT2D eigenvalue weighted by Gasteiger charge is 2.26. The highest BCUT2D eigenvalue weighted by molar-refractivity contribution is 7.20. The topological polar surface area (TPSA) is 50.6 Å². The lowest BCUT2D eigenvalue weighted by molar-refractivity contribution is 0.0751. The van der Waals surface area contributed by atoms with Gasteiger partial charge in [0, 0.05) is 31.6 Å². The quantitative estimate of drug-likeness (QED) is 0.481. The number of aryl methyl sites for hydroxylation is 1. The summed E-state index contributed by atoms with van der Waals surface area (Å²) in [5.41, 5.74) is 3.03. The zero-order chi connectivity index (χ0) is 21.4. The first-order valence-corrected chi connectivity index (χ1v) is 11.2. The summed E-state index contributed by atoms with van der Waals surface area (Å²) in [6.07, 6.45) is 0. The molecule has 0 aliphatic carbocycles. The van der Waals surface area contributed by atoms with Crippen molar-refractivity contribution in [3.63, 3.8) is 0 Å². The smallest absolute Gasteiger partial charge is 0.264 e. The Balaban J connectivity index is 1.35. The Morgan fingerprint density at radius 2 is 1.71 bits per heavy atom. The van der Waals surface area contributed by atoms with Crippen molar-refractivity contribution in [1.82, 2.24) is 14.7 Å². The first-order valence-electron chi connectivity index (χ1n) is 10.4. The minimum atomic E-state index is 0.0971. The van der Waals surface area contributed by atoms with Gasteiger partial charge in [0.2, 0.25) is 0 Å². The van der Waals surface area contributed by atoms with E-state index < -0.39 is 0 Å². The van der Waals surface area contributed by atoms with Crippen molar-refractivity contribution in [2.24, 2.45) is 0 Å². The fourth-order valence-corrected chi connectivity index (χ4v) is 5.24. The summed E-state index contributed by atoms with van der Waals surface area (Å²) in [4.78, 5) is 19.3. The van der Waals surface area contributed by atoms with Crippen molar-refractivity contribution in [2.75, 3.05) is 38.2 Å². The van der Waals surface area contributed by atoms with Gasteiger partial charge in [0.05, 0.1) is 29.1 Å². The normalized spacial score (nSPS) is 14.3. The maximum atomic E-state index is 13.3. The maximum Gasteiger partial charge on any atom is 0.264 e. The average Bonchev–Trinajstić information content (AvgIpc) is 3.40. The largest absolute Gasteiger partial charge is 0.495 e. The summed E-state index contributed by atoms with van der Waals surface area (Å²) in [6.45, 7) is 4.94. The number of hydrogen-bond acceptors (Lipinski definition) is 5. The highest BCUT2D eigenvalue weighted by atomic mass is 32.1. The van der Waals surface area contributed by atoms with Crippen molar-refractivity contribution in [1.29, 1.82) is 0 Å². The molecule has 7 heteroatoms. The molecule has 0 unspecified atom stereocenters. The van der Waals surface area contributed by atoms with E-state index in [4.69, 9.17) is 4.74 Å². The molecule has 158 valence electrons. The lowest BCUT2D eigenvalue weighted by Crippen LogP contribution is -2.48. The number of carbonyl (C=O) groups is 1. The van der Waals surface area contributed by atoms with Gasteiger partial charge in [-0.1, -0.05) is 30.3 Å². The number of anilines is 1. The molecule has 4 aromatic rings. The SMILES string of the molecule is COc1ccccc1N1CCN(C(=O)c2cc3c(C)nn(-c4ccccc4)c3s2)CC1. The lowest BCUT2D eigenvalue weighted by Gasteiger charge is -2.36. The molecule has 1 saturated heterocycles. The third-order valence-electron chi connectivity index (χ3n) is 5.75. The Kier molecular flexibility index (Phi) is 5.11. The van der Waals surface area contributed by atoms with Crippen LogP contribution in [0, 0.1) is 6.92 Å². The summed E-state index contributed by atoms with van der Waals surface area (Å²) < 4.78 is 7.43. The van der Waals surface area contributed by atoms with Gasteiger partial charge in [-0.05, 0) is 37.3 Å². The number of carbonyl (C=O) groups excluding carboxylic acids is 1. The van der Waals surface area contributed by atoms with Gasteiger partial charge in [-0.2, -0.15) is 5.10 Å². The van der Waals surface area contributed by atoms with Crippen LogP contribution >= 0.6 is 11.3 Å². The number of hydrogen-bond donors (Lipinski definition) is 0. The summed E-state index contributed by atoms with van der Waals surface area (Å²) in [7, 11) is 1.69. The van der Waals surface area contributed by atoms with Crippen LogP contribution in [0.5, 0.6) is 5.75 Å². The summed E-state index contributed by atoms with van der Waals surface area (Å²) in [5, 5.41) is 5.72. The molecule has 1 fully saturated rings. The predicted octanol–water partition coefficient (Wildman–Crippen LogP) is 4.37. The Bertz CT molecular complexity index is 1220. The minimum Gasteiger partial charge on any atom is -0.495 e. The van der Waals surface area contributed by atoms with Crippen molar-refractivity contribution in [3.05, 3.63) is 71.2 Å². The molecule has 0 saturated carbocycles. The number of nitrogens with zero attached hydrogens (tertiary/aromatic N) is 4. The third-order valence-corrected chi connectivity index (χ3v) is 6.85. The van der Waals surface area contributed by atoms with Crippen LogP contribution in [0.1, 0.15) is 15.4 Å². The van der Waals surface area contributed by atoms with Crippen molar-refractivity contribution < 1.29 is 9.53 Å². The Hall–Kier alpha value is -3.32. The van der Waals surface area contributed by atoms with Crippen LogP contribution in [0.3, 0.4) is 0 Å². The second kappa shape index (κ2) is 8.07. The molecule has 5 rings (SSSR count). The Morgan fingerprint density at radius 1 is 1.00 bits per heavy atom. The van der Waals surface area contributed by atoms with Gasteiger partial charge in [0.15, 0.2) is 0 Å². The molecule has 0 radical (unpaired) electrons. The molecule has 31 heavy (non-hydrogen) atoms. The number of para-hydroxylation sites is 3. The molecule has 1 amide bonds. The summed E-state index contributed by atoms with van der Waals surface area (Å²) >= 11 is 1.52. The summed E-state index contributed by atoms with van der Waals surface area (Å²) in [5.74, 6) is 0.965. The van der Waals surface area contributed by atoms with Gasteiger partial charge in [-0.15, -0.1) is 11.3 Å². The van der Waals surface area contributed by atoms with Crippen molar-refractivity contribution >= 4 is 33.1 Å². The number of thiophene rings is 1. The van der Waals surface area contributed by atoms with Gasteiger partial charge < -0.3 is 14.5 Å². The molecule has 2 aromatic heterocycles. The first kappa shape index (κ1) is 19.6. The third kappa shape index (κ3) is 3.55. The van der Waals surface area contributed by atoms with Crippen LogP contribution in [-0.4, -0.2) is 53.9 Å². The standard InChI is InChI=1S/C24H24N4O2S/c1-17-19-16-22(31-24(19)28(25-17)18-8-4-3-5-9-18)23(29)27-14-12-26(13-15-27)20-10-6-7-11-21(20)30-2/h3-11,16H,12-15H2,1-2H3. The van der Waals surface area contributed by atoms with Crippen molar-refractivity contribution in [2.45, 2.75) is 6.92 Å². The number of rotatable bonds is 4. The maximum absolute atomic E-state index is 13.3. The fraction of sp³-hybridized carbons (Fsp3) is 0.250. The minimum absolute atomic E-state index is 0.0971. The number of fused-ring (bicyclic) bond motifs is 1. The van der Waals surface area contributed by atoms with Gasteiger partial charge in [0.25, 0.3) is 5.91 Å². The number of ether oxygens (including phenoxy) is 1.